The lowest BCUT2D eigenvalue weighted by molar-refractivity contribution is -0.120. The van der Waals surface area contributed by atoms with Crippen molar-refractivity contribution in [1.82, 2.24) is 5.32 Å². The van der Waals surface area contributed by atoms with Gasteiger partial charge in [0.1, 0.15) is 11.6 Å². The van der Waals surface area contributed by atoms with E-state index in [1.54, 1.807) is 13.0 Å². The van der Waals surface area contributed by atoms with Crippen LogP contribution in [0, 0.1) is 12.7 Å². The third kappa shape index (κ3) is 3.27. The van der Waals surface area contributed by atoms with Gasteiger partial charge >= 0.3 is 0 Å². The zero-order valence-electron chi connectivity index (χ0n) is 12.5. The minimum Gasteiger partial charge on any atom is -0.493 e. The van der Waals surface area contributed by atoms with Crippen LogP contribution >= 0.6 is 0 Å². The Morgan fingerprint density at radius 1 is 1.23 bits per heavy atom. The molecule has 114 valence electrons. The number of rotatable bonds is 4. The van der Waals surface area contributed by atoms with E-state index < -0.39 is 0 Å². The van der Waals surface area contributed by atoms with E-state index in [0.29, 0.717) is 25.1 Å². The first-order valence-corrected chi connectivity index (χ1v) is 7.38. The lowest BCUT2D eigenvalue weighted by Gasteiger charge is -2.07. The first-order valence-electron chi connectivity index (χ1n) is 7.38. The average Bonchev–Trinajstić information content (AvgIpc) is 2.96. The second-order valence-corrected chi connectivity index (χ2v) is 5.58. The number of nitrogens with one attached hydrogen (secondary N) is 1. The molecular formula is C18H18FNO2. The summed E-state index contributed by atoms with van der Waals surface area (Å²) in [5.41, 5.74) is 3.50. The molecule has 0 spiro atoms. The fraction of sp³-hybridized carbons (Fsp3) is 0.278. The minimum absolute atomic E-state index is 0.0696. The lowest BCUT2D eigenvalue weighted by atomic mass is 10.1. The molecule has 1 aliphatic rings. The minimum atomic E-state index is -0.245. The molecule has 0 radical (unpaired) electrons. The highest BCUT2D eigenvalue weighted by Crippen LogP contribution is 2.25. The number of fused-ring (bicyclic) bond motifs is 1. The standard InChI is InChI=1S/C18H18FNO2/c1-12-2-3-14(9-16(12)19)11-20-18(21)10-13-4-5-17-15(8-13)6-7-22-17/h2-5,8-9H,6-7,10-11H2,1H3,(H,20,21). The van der Waals surface area contributed by atoms with E-state index in [1.165, 1.54) is 6.07 Å². The molecule has 0 saturated carbocycles. The largest absolute Gasteiger partial charge is 0.493 e. The van der Waals surface area contributed by atoms with Gasteiger partial charge in [0.2, 0.25) is 5.91 Å². The van der Waals surface area contributed by atoms with Crippen LogP contribution in [0.15, 0.2) is 36.4 Å². The third-order valence-electron chi connectivity index (χ3n) is 3.84. The van der Waals surface area contributed by atoms with Crippen molar-refractivity contribution in [3.05, 3.63) is 64.5 Å². The molecule has 2 aromatic carbocycles. The van der Waals surface area contributed by atoms with Crippen molar-refractivity contribution < 1.29 is 13.9 Å². The second kappa shape index (κ2) is 6.18. The van der Waals surface area contributed by atoms with Gasteiger partial charge in [0.05, 0.1) is 13.0 Å². The van der Waals surface area contributed by atoms with Crippen molar-refractivity contribution in [2.75, 3.05) is 6.61 Å². The number of benzene rings is 2. The molecule has 2 aromatic rings. The summed E-state index contributed by atoms with van der Waals surface area (Å²) in [7, 11) is 0. The highest BCUT2D eigenvalue weighted by molar-refractivity contribution is 5.78. The molecule has 0 fully saturated rings. The van der Waals surface area contributed by atoms with Gasteiger partial charge in [-0.05, 0) is 41.3 Å². The van der Waals surface area contributed by atoms with Crippen molar-refractivity contribution >= 4 is 5.91 Å². The molecule has 1 heterocycles. The Bertz CT molecular complexity index is 712. The molecule has 3 nitrogen and oxygen atoms in total. The molecule has 22 heavy (non-hydrogen) atoms. The Kier molecular flexibility index (Phi) is 4.09. The van der Waals surface area contributed by atoms with Gasteiger partial charge in [-0.15, -0.1) is 0 Å². The van der Waals surface area contributed by atoms with Gasteiger partial charge in [0.15, 0.2) is 0 Å². The molecule has 1 amide bonds. The van der Waals surface area contributed by atoms with Crippen molar-refractivity contribution in [2.45, 2.75) is 26.3 Å². The number of carbonyl (C=O) groups is 1. The smallest absolute Gasteiger partial charge is 0.224 e. The summed E-state index contributed by atoms with van der Waals surface area (Å²) in [5.74, 6) is 0.601. The van der Waals surface area contributed by atoms with E-state index in [1.807, 2.05) is 24.3 Å². The van der Waals surface area contributed by atoms with Crippen LogP contribution in [0.5, 0.6) is 5.75 Å². The zero-order valence-corrected chi connectivity index (χ0v) is 12.5. The van der Waals surface area contributed by atoms with Crippen LogP contribution in [-0.4, -0.2) is 12.5 Å². The number of aryl methyl sites for hydroxylation is 1. The summed E-state index contributed by atoms with van der Waals surface area (Å²) < 4.78 is 18.9. The Morgan fingerprint density at radius 3 is 2.86 bits per heavy atom. The summed E-state index contributed by atoms with van der Waals surface area (Å²) in [6, 6.07) is 10.9. The second-order valence-electron chi connectivity index (χ2n) is 5.58. The molecule has 1 N–H and O–H groups in total. The SMILES string of the molecule is Cc1ccc(CNC(=O)Cc2ccc3c(c2)CCO3)cc1F. The third-order valence-corrected chi connectivity index (χ3v) is 3.84. The molecule has 3 rings (SSSR count). The highest BCUT2D eigenvalue weighted by Gasteiger charge is 2.13. The normalized spacial score (nSPS) is 12.6. The van der Waals surface area contributed by atoms with Crippen LogP contribution in [0.4, 0.5) is 4.39 Å². The van der Waals surface area contributed by atoms with Gasteiger partial charge in [-0.2, -0.15) is 0 Å². The van der Waals surface area contributed by atoms with Gasteiger partial charge in [0, 0.05) is 13.0 Å². The molecule has 0 aliphatic carbocycles. The molecule has 0 aromatic heterocycles. The van der Waals surface area contributed by atoms with Crippen LogP contribution in [0.2, 0.25) is 0 Å². The molecule has 0 unspecified atom stereocenters. The molecule has 1 aliphatic heterocycles. The number of carbonyl (C=O) groups excluding carboxylic acids is 1. The predicted octanol–water partition coefficient (Wildman–Crippen LogP) is 2.93. The topological polar surface area (TPSA) is 38.3 Å². The van der Waals surface area contributed by atoms with Gasteiger partial charge in [0.25, 0.3) is 0 Å². The first kappa shape index (κ1) is 14.6. The van der Waals surface area contributed by atoms with Crippen LogP contribution in [0.3, 0.4) is 0 Å². The maximum absolute atomic E-state index is 13.5. The number of hydrogen-bond acceptors (Lipinski definition) is 2. The summed E-state index contributed by atoms with van der Waals surface area (Å²) in [5, 5.41) is 2.82. The van der Waals surface area contributed by atoms with Crippen molar-refractivity contribution in [3.8, 4) is 5.75 Å². The van der Waals surface area contributed by atoms with Crippen LogP contribution in [0.25, 0.3) is 0 Å². The molecule has 0 bridgehead atoms. The monoisotopic (exact) mass is 299 g/mol. The Balaban J connectivity index is 1.57. The van der Waals surface area contributed by atoms with Crippen LogP contribution < -0.4 is 10.1 Å². The van der Waals surface area contributed by atoms with E-state index in [4.69, 9.17) is 4.74 Å². The Labute approximate surface area is 129 Å². The quantitative estimate of drug-likeness (QED) is 0.942. The number of amides is 1. The lowest BCUT2D eigenvalue weighted by Crippen LogP contribution is -2.24. The number of halogens is 1. The summed E-state index contributed by atoms with van der Waals surface area (Å²) in [6.07, 6.45) is 1.22. The molecule has 4 heteroatoms. The van der Waals surface area contributed by atoms with E-state index >= 15 is 0 Å². The highest BCUT2D eigenvalue weighted by atomic mass is 19.1. The Morgan fingerprint density at radius 2 is 2.05 bits per heavy atom. The first-order chi connectivity index (χ1) is 10.6. The van der Waals surface area contributed by atoms with Crippen molar-refractivity contribution in [2.24, 2.45) is 0 Å². The maximum Gasteiger partial charge on any atom is 0.224 e. The summed E-state index contributed by atoms with van der Waals surface area (Å²) in [6.45, 7) is 2.77. The number of hydrogen-bond donors (Lipinski definition) is 1. The average molecular weight is 299 g/mol. The fourth-order valence-corrected chi connectivity index (χ4v) is 2.54. The Hall–Kier alpha value is -2.36. The summed E-state index contributed by atoms with van der Waals surface area (Å²) in [4.78, 5) is 12.0. The molecule has 0 atom stereocenters. The van der Waals surface area contributed by atoms with Crippen molar-refractivity contribution in [1.29, 1.82) is 0 Å². The molecular weight excluding hydrogens is 281 g/mol. The van der Waals surface area contributed by atoms with Crippen molar-refractivity contribution in [3.63, 3.8) is 0 Å². The van der Waals surface area contributed by atoms with Crippen LogP contribution in [0.1, 0.15) is 22.3 Å². The van der Waals surface area contributed by atoms with Gasteiger partial charge in [-0.1, -0.05) is 24.3 Å². The van der Waals surface area contributed by atoms with E-state index in [9.17, 15) is 9.18 Å². The predicted molar refractivity (Wildman–Crippen MR) is 82.3 cm³/mol. The number of ether oxygens (including phenoxy) is 1. The van der Waals surface area contributed by atoms with E-state index in [-0.39, 0.29) is 11.7 Å². The maximum atomic E-state index is 13.5. The zero-order chi connectivity index (χ0) is 15.5. The van der Waals surface area contributed by atoms with Crippen LogP contribution in [-0.2, 0) is 24.2 Å². The van der Waals surface area contributed by atoms with Gasteiger partial charge in [-0.3, -0.25) is 4.79 Å². The van der Waals surface area contributed by atoms with Gasteiger partial charge in [-0.25, -0.2) is 4.39 Å². The van der Waals surface area contributed by atoms with E-state index in [0.717, 1.165) is 28.9 Å². The summed E-state index contributed by atoms with van der Waals surface area (Å²) >= 11 is 0. The van der Waals surface area contributed by atoms with E-state index in [2.05, 4.69) is 5.32 Å². The fourth-order valence-electron chi connectivity index (χ4n) is 2.54. The molecule has 0 saturated heterocycles. The van der Waals surface area contributed by atoms with Gasteiger partial charge < -0.3 is 10.1 Å².